The standard InChI is InChI=1S/C32H44N6O4/c1-21-19-35-25(5)31-17-27(15-29(37-31)23(3)33-7-9-39-11-13-41-21)28-16-30-24(4)34-8-10-40-12-14-42-22(2)20-36-26(6)32(18-28)38-30/h15-18,21-22H,7-14,19-20H2,1-6H3/b33-23+,34-24+,35-25+,36-26+. The molecule has 226 valence electrons. The molecule has 2 aliphatic heterocycles. The van der Waals surface area contributed by atoms with Gasteiger partial charge >= 0.3 is 0 Å². The smallest absolute Gasteiger partial charge is 0.0851 e. The molecule has 0 spiro atoms. The Morgan fingerprint density at radius 2 is 0.857 bits per heavy atom. The van der Waals surface area contributed by atoms with Crippen molar-refractivity contribution >= 4 is 22.8 Å². The largest absolute Gasteiger partial charge is 0.377 e. The van der Waals surface area contributed by atoms with Crippen LogP contribution in [0.1, 0.15) is 64.3 Å². The highest BCUT2D eigenvalue weighted by atomic mass is 16.5. The Hall–Kier alpha value is -3.18. The van der Waals surface area contributed by atoms with E-state index in [4.69, 9.17) is 48.9 Å². The molecular formula is C32H44N6O4. The Bertz CT molecular complexity index is 1230. The Balaban J connectivity index is 1.82. The van der Waals surface area contributed by atoms with Crippen LogP contribution in [0.4, 0.5) is 0 Å². The highest BCUT2D eigenvalue weighted by molar-refractivity contribution is 6.04. The van der Waals surface area contributed by atoms with E-state index >= 15 is 0 Å². The van der Waals surface area contributed by atoms with Crippen LogP contribution >= 0.6 is 0 Å². The monoisotopic (exact) mass is 576 g/mol. The van der Waals surface area contributed by atoms with Crippen molar-refractivity contribution in [1.82, 2.24) is 9.97 Å². The van der Waals surface area contributed by atoms with Gasteiger partial charge in [0.15, 0.2) is 0 Å². The van der Waals surface area contributed by atoms with Gasteiger partial charge in [0.1, 0.15) is 0 Å². The molecule has 42 heavy (non-hydrogen) atoms. The van der Waals surface area contributed by atoms with Crippen LogP contribution in [0.2, 0.25) is 0 Å². The van der Waals surface area contributed by atoms with E-state index in [1.54, 1.807) is 0 Å². The zero-order chi connectivity index (χ0) is 29.9. The maximum Gasteiger partial charge on any atom is 0.0851 e. The molecule has 0 saturated carbocycles. The molecular weight excluding hydrogens is 532 g/mol. The Morgan fingerprint density at radius 1 is 0.500 bits per heavy atom. The first-order chi connectivity index (χ1) is 20.3. The number of fused-ring (bicyclic) bond motifs is 4. The van der Waals surface area contributed by atoms with Crippen molar-refractivity contribution in [2.45, 2.75) is 53.8 Å². The number of aliphatic imine (C=N–C) groups is 4. The summed E-state index contributed by atoms with van der Waals surface area (Å²) < 4.78 is 23.1. The first-order valence-corrected chi connectivity index (χ1v) is 14.8. The minimum Gasteiger partial charge on any atom is -0.377 e. The van der Waals surface area contributed by atoms with E-state index in [2.05, 4.69) is 24.3 Å². The molecule has 0 amide bonds. The van der Waals surface area contributed by atoms with Gasteiger partial charge in [-0.15, -0.1) is 0 Å². The van der Waals surface area contributed by atoms with Crippen LogP contribution in [0.5, 0.6) is 0 Å². The molecule has 2 aliphatic rings. The summed E-state index contributed by atoms with van der Waals surface area (Å²) in [7, 11) is 0. The molecule has 2 unspecified atom stereocenters. The van der Waals surface area contributed by atoms with Crippen LogP contribution in [0.3, 0.4) is 0 Å². The molecule has 0 N–H and O–H groups in total. The van der Waals surface area contributed by atoms with Gasteiger partial charge in [0, 0.05) is 0 Å². The molecule has 4 rings (SSSR count). The summed E-state index contributed by atoms with van der Waals surface area (Å²) in [4.78, 5) is 29.0. The number of nitrogens with zero attached hydrogens (tertiary/aromatic N) is 6. The number of hydrogen-bond acceptors (Lipinski definition) is 10. The third-order valence-corrected chi connectivity index (χ3v) is 7.07. The van der Waals surface area contributed by atoms with Crippen molar-refractivity contribution in [1.29, 1.82) is 0 Å². The predicted molar refractivity (Wildman–Crippen MR) is 168 cm³/mol. The second-order valence-electron chi connectivity index (χ2n) is 10.6. The van der Waals surface area contributed by atoms with Crippen molar-refractivity contribution in [2.24, 2.45) is 20.0 Å². The topological polar surface area (TPSA) is 112 Å². The van der Waals surface area contributed by atoms with Gasteiger partial charge in [-0.05, 0) is 76.9 Å². The molecule has 2 aromatic heterocycles. The van der Waals surface area contributed by atoms with E-state index in [1.807, 2.05) is 41.5 Å². The molecule has 0 fully saturated rings. The fourth-order valence-electron chi connectivity index (χ4n) is 4.47. The van der Waals surface area contributed by atoms with Gasteiger partial charge in [-0.1, -0.05) is 0 Å². The molecule has 4 bridgehead atoms. The van der Waals surface area contributed by atoms with Gasteiger partial charge in [-0.3, -0.25) is 20.0 Å². The lowest BCUT2D eigenvalue weighted by atomic mass is 10.00. The van der Waals surface area contributed by atoms with Gasteiger partial charge in [0.2, 0.25) is 0 Å². The second-order valence-corrected chi connectivity index (χ2v) is 10.6. The maximum absolute atomic E-state index is 5.85. The Morgan fingerprint density at radius 3 is 1.24 bits per heavy atom. The minimum absolute atomic E-state index is 0.0210. The Kier molecular flexibility index (Phi) is 12.0. The van der Waals surface area contributed by atoms with Gasteiger partial charge in [0.05, 0.1) is 124 Å². The van der Waals surface area contributed by atoms with E-state index in [0.717, 1.165) is 56.7 Å². The van der Waals surface area contributed by atoms with Crippen LogP contribution < -0.4 is 0 Å². The maximum atomic E-state index is 5.85. The average molecular weight is 577 g/mol. The first-order valence-electron chi connectivity index (χ1n) is 14.8. The summed E-state index contributed by atoms with van der Waals surface area (Å²) in [5, 5.41) is 0. The lowest BCUT2D eigenvalue weighted by Crippen LogP contribution is -2.17. The van der Waals surface area contributed by atoms with Gasteiger partial charge in [-0.25, -0.2) is 9.97 Å². The Labute approximate surface area is 249 Å². The van der Waals surface area contributed by atoms with E-state index in [1.165, 1.54) is 0 Å². The first kappa shape index (κ1) is 31.7. The summed E-state index contributed by atoms with van der Waals surface area (Å²) in [6.07, 6.45) is -0.0420. The summed E-state index contributed by atoms with van der Waals surface area (Å²) in [5.74, 6) is 0. The number of aromatic nitrogens is 2. The molecule has 0 radical (unpaired) electrons. The molecule has 4 heterocycles. The van der Waals surface area contributed by atoms with Crippen LogP contribution in [-0.2, 0) is 18.9 Å². The van der Waals surface area contributed by atoms with Crippen molar-refractivity contribution in [2.75, 3.05) is 65.8 Å². The van der Waals surface area contributed by atoms with Crippen molar-refractivity contribution < 1.29 is 18.9 Å². The molecule has 2 atom stereocenters. The highest BCUT2D eigenvalue weighted by Crippen LogP contribution is 2.25. The van der Waals surface area contributed by atoms with Crippen LogP contribution in [0, 0.1) is 0 Å². The number of rotatable bonds is 1. The molecule has 10 nitrogen and oxygen atoms in total. The van der Waals surface area contributed by atoms with E-state index in [-0.39, 0.29) is 12.2 Å². The van der Waals surface area contributed by atoms with Crippen LogP contribution in [0.25, 0.3) is 11.1 Å². The van der Waals surface area contributed by atoms with Crippen molar-refractivity contribution in [3.8, 4) is 11.1 Å². The molecule has 10 heteroatoms. The number of ether oxygens (including phenoxy) is 4. The molecule has 0 saturated heterocycles. The van der Waals surface area contributed by atoms with Gasteiger partial charge < -0.3 is 18.9 Å². The summed E-state index contributed by atoms with van der Waals surface area (Å²) in [5.41, 5.74) is 8.56. The molecule has 0 aromatic carbocycles. The quantitative estimate of drug-likeness (QED) is 0.502. The SMILES string of the molecule is C/C1=N\CCOCCOC(C)C/N=C(\C)c2cc(-c3cc4nc(c3)/C(C)=N/CC(C)OCCOCC/N=C/4C)cc1n2. The predicted octanol–water partition coefficient (Wildman–Crippen LogP) is 4.25. The number of hydrogen-bond donors (Lipinski definition) is 0. The van der Waals surface area contributed by atoms with Crippen molar-refractivity contribution in [3.05, 3.63) is 47.0 Å². The van der Waals surface area contributed by atoms with Gasteiger partial charge in [-0.2, -0.15) is 0 Å². The summed E-state index contributed by atoms with van der Waals surface area (Å²) >= 11 is 0. The van der Waals surface area contributed by atoms with Crippen molar-refractivity contribution in [3.63, 3.8) is 0 Å². The highest BCUT2D eigenvalue weighted by Gasteiger charge is 2.15. The van der Waals surface area contributed by atoms with Crippen LogP contribution in [0.15, 0.2) is 44.2 Å². The molecule has 0 aliphatic carbocycles. The minimum atomic E-state index is -0.0210. The zero-order valence-corrected chi connectivity index (χ0v) is 25.9. The normalized spacial score (nSPS) is 27.2. The summed E-state index contributed by atoms with van der Waals surface area (Å²) in [6, 6.07) is 8.32. The fourth-order valence-corrected chi connectivity index (χ4v) is 4.47. The average Bonchev–Trinajstić information content (AvgIpc) is 3.00. The second kappa shape index (κ2) is 15.9. The fraction of sp³-hybridized carbons (Fsp3) is 0.562. The summed E-state index contributed by atoms with van der Waals surface area (Å²) in [6.45, 7) is 17.4. The van der Waals surface area contributed by atoms with E-state index in [0.29, 0.717) is 65.8 Å². The lowest BCUT2D eigenvalue weighted by molar-refractivity contribution is 0.0181. The van der Waals surface area contributed by atoms with Crippen LogP contribution in [-0.4, -0.2) is 111 Å². The third kappa shape index (κ3) is 9.42. The lowest BCUT2D eigenvalue weighted by Gasteiger charge is -2.14. The van der Waals surface area contributed by atoms with E-state index < -0.39 is 0 Å². The third-order valence-electron chi connectivity index (χ3n) is 7.07. The number of pyridine rings is 2. The zero-order valence-electron chi connectivity index (χ0n) is 25.9. The molecule has 2 aromatic rings. The van der Waals surface area contributed by atoms with E-state index in [9.17, 15) is 0 Å². The van der Waals surface area contributed by atoms with Gasteiger partial charge in [0.25, 0.3) is 0 Å².